The van der Waals surface area contributed by atoms with Gasteiger partial charge in [0.2, 0.25) is 0 Å². The van der Waals surface area contributed by atoms with E-state index in [4.69, 9.17) is 4.42 Å². The number of anilines is 3. The van der Waals surface area contributed by atoms with Crippen molar-refractivity contribution in [1.29, 1.82) is 0 Å². The SMILES string of the molecule is c1ccc(N(c2ccc(-c3ccc4ccc5ccc6ccccc6c5c4c3)cc2)c2ccc(-c3cccc4c3oc3ccccc34)cc2)c(-c2cccc3ccccc23)c1. The van der Waals surface area contributed by atoms with E-state index >= 15 is 0 Å². The third kappa shape index (κ3) is 5.57. The molecular formula is C58H37NO. The number of para-hydroxylation sites is 3. The van der Waals surface area contributed by atoms with E-state index in [1.165, 1.54) is 65.3 Å². The zero-order valence-corrected chi connectivity index (χ0v) is 32.7. The summed E-state index contributed by atoms with van der Waals surface area (Å²) in [5, 5.41) is 12.3. The number of nitrogens with zero attached hydrogens (tertiary/aromatic N) is 1. The highest BCUT2D eigenvalue weighted by Crippen LogP contribution is 2.44. The van der Waals surface area contributed by atoms with Gasteiger partial charge in [0.05, 0.1) is 5.69 Å². The first kappa shape index (κ1) is 34.1. The van der Waals surface area contributed by atoms with Crippen molar-refractivity contribution in [2.45, 2.75) is 0 Å². The maximum absolute atomic E-state index is 6.46. The highest BCUT2D eigenvalue weighted by molar-refractivity contribution is 6.20. The topological polar surface area (TPSA) is 16.4 Å². The Morgan fingerprint density at radius 3 is 1.62 bits per heavy atom. The second-order valence-electron chi connectivity index (χ2n) is 15.6. The molecule has 0 bridgehead atoms. The molecule has 280 valence electrons. The van der Waals surface area contributed by atoms with E-state index in [9.17, 15) is 0 Å². The minimum atomic E-state index is 0.904. The molecule has 0 unspecified atom stereocenters. The Labute approximate surface area is 347 Å². The van der Waals surface area contributed by atoms with E-state index in [1.54, 1.807) is 0 Å². The van der Waals surface area contributed by atoms with Crippen LogP contribution < -0.4 is 4.90 Å². The summed E-state index contributed by atoms with van der Waals surface area (Å²) in [6, 6.07) is 81.3. The summed E-state index contributed by atoms with van der Waals surface area (Å²) in [6.07, 6.45) is 0. The molecule has 0 saturated heterocycles. The zero-order valence-electron chi connectivity index (χ0n) is 32.7. The molecule has 0 spiro atoms. The molecule has 0 fully saturated rings. The van der Waals surface area contributed by atoms with E-state index in [-0.39, 0.29) is 0 Å². The third-order valence-corrected chi connectivity index (χ3v) is 12.3. The Morgan fingerprint density at radius 1 is 0.300 bits per heavy atom. The molecule has 60 heavy (non-hydrogen) atoms. The molecular weight excluding hydrogens is 727 g/mol. The first-order valence-electron chi connectivity index (χ1n) is 20.6. The fourth-order valence-corrected chi connectivity index (χ4v) is 9.36. The fraction of sp³-hybridized carbons (Fsp3) is 0. The van der Waals surface area contributed by atoms with Crippen LogP contribution in [0.4, 0.5) is 17.1 Å². The molecule has 0 radical (unpaired) electrons. The summed E-state index contributed by atoms with van der Waals surface area (Å²) in [4.78, 5) is 2.40. The van der Waals surface area contributed by atoms with E-state index < -0.39 is 0 Å². The summed E-state index contributed by atoms with van der Waals surface area (Å²) >= 11 is 0. The minimum absolute atomic E-state index is 0.904. The normalized spacial score (nSPS) is 11.7. The molecule has 11 aromatic carbocycles. The molecule has 12 aromatic rings. The predicted molar refractivity (Wildman–Crippen MR) is 255 cm³/mol. The van der Waals surface area contributed by atoms with Gasteiger partial charge in [-0.1, -0.05) is 182 Å². The standard InChI is InChI=1S/C58H37NO/c1-3-14-47-39(11-1)13-9-19-50(47)51-16-5-7-21-55(51)59(46-35-31-41(32-36-46)49-18-10-20-53-52-17-6-8-22-56(52)60-58(49)53)45-33-29-38(30-34-45)44-28-25-42-24-27-43-26-23-40-12-2-4-15-48(40)57(43)54(42)37-44/h1-37H. The average molecular weight is 764 g/mol. The van der Waals surface area contributed by atoms with Gasteiger partial charge in [-0.05, 0) is 108 Å². The second-order valence-corrected chi connectivity index (χ2v) is 15.6. The molecule has 0 amide bonds. The van der Waals surface area contributed by atoms with Crippen LogP contribution in [0.3, 0.4) is 0 Å². The van der Waals surface area contributed by atoms with Gasteiger partial charge in [0.1, 0.15) is 11.2 Å². The molecule has 1 heterocycles. The Morgan fingerprint density at radius 2 is 0.817 bits per heavy atom. The largest absolute Gasteiger partial charge is 0.455 e. The van der Waals surface area contributed by atoms with Gasteiger partial charge < -0.3 is 9.32 Å². The van der Waals surface area contributed by atoms with Crippen molar-refractivity contribution < 1.29 is 4.42 Å². The van der Waals surface area contributed by atoms with Crippen molar-refractivity contribution in [3.8, 4) is 33.4 Å². The molecule has 12 rings (SSSR count). The summed E-state index contributed by atoms with van der Waals surface area (Å²) < 4.78 is 6.46. The highest BCUT2D eigenvalue weighted by Gasteiger charge is 2.20. The van der Waals surface area contributed by atoms with Crippen LogP contribution in [0.1, 0.15) is 0 Å². The van der Waals surface area contributed by atoms with Crippen LogP contribution >= 0.6 is 0 Å². The lowest BCUT2D eigenvalue weighted by atomic mass is 9.94. The Balaban J connectivity index is 0.998. The van der Waals surface area contributed by atoms with Crippen LogP contribution in [0.5, 0.6) is 0 Å². The highest BCUT2D eigenvalue weighted by atomic mass is 16.3. The lowest BCUT2D eigenvalue weighted by Crippen LogP contribution is -2.11. The van der Waals surface area contributed by atoms with E-state index in [0.717, 1.165) is 50.1 Å². The first-order chi connectivity index (χ1) is 29.7. The van der Waals surface area contributed by atoms with Crippen LogP contribution in [0.2, 0.25) is 0 Å². The lowest BCUT2D eigenvalue weighted by molar-refractivity contribution is 0.670. The number of fused-ring (bicyclic) bond motifs is 9. The molecule has 2 nitrogen and oxygen atoms in total. The van der Waals surface area contributed by atoms with Crippen molar-refractivity contribution in [2.24, 2.45) is 0 Å². The van der Waals surface area contributed by atoms with Crippen LogP contribution in [0.25, 0.3) is 98.4 Å². The van der Waals surface area contributed by atoms with Gasteiger partial charge in [-0.2, -0.15) is 0 Å². The van der Waals surface area contributed by atoms with Gasteiger partial charge in [0.25, 0.3) is 0 Å². The zero-order chi connectivity index (χ0) is 39.6. The third-order valence-electron chi connectivity index (χ3n) is 12.3. The smallest absolute Gasteiger partial charge is 0.143 e. The Hall–Kier alpha value is -7.94. The van der Waals surface area contributed by atoms with E-state index in [0.29, 0.717) is 0 Å². The predicted octanol–water partition coefficient (Wildman–Crippen LogP) is 16.7. The van der Waals surface area contributed by atoms with Gasteiger partial charge in [0.15, 0.2) is 0 Å². The maximum Gasteiger partial charge on any atom is 0.143 e. The van der Waals surface area contributed by atoms with Gasteiger partial charge in [-0.25, -0.2) is 0 Å². The summed E-state index contributed by atoms with van der Waals surface area (Å²) in [6.45, 7) is 0. The van der Waals surface area contributed by atoms with Crippen molar-refractivity contribution in [1.82, 2.24) is 0 Å². The van der Waals surface area contributed by atoms with Crippen molar-refractivity contribution in [3.05, 3.63) is 224 Å². The van der Waals surface area contributed by atoms with E-state index in [2.05, 4.69) is 217 Å². The fourth-order valence-electron chi connectivity index (χ4n) is 9.36. The average Bonchev–Trinajstić information content (AvgIpc) is 3.71. The molecule has 1 aromatic heterocycles. The number of benzene rings is 11. The first-order valence-corrected chi connectivity index (χ1v) is 20.6. The molecule has 0 saturated carbocycles. The van der Waals surface area contributed by atoms with Crippen molar-refractivity contribution >= 4 is 82.1 Å². The minimum Gasteiger partial charge on any atom is -0.455 e. The van der Waals surface area contributed by atoms with Crippen molar-refractivity contribution in [2.75, 3.05) is 4.90 Å². The Kier molecular flexibility index (Phi) is 7.89. The molecule has 0 N–H and O–H groups in total. The molecule has 0 atom stereocenters. The van der Waals surface area contributed by atoms with Crippen LogP contribution in [-0.2, 0) is 0 Å². The quantitative estimate of drug-likeness (QED) is 0.157. The Bertz CT molecular complexity index is 3590. The van der Waals surface area contributed by atoms with Crippen molar-refractivity contribution in [3.63, 3.8) is 0 Å². The molecule has 2 heteroatoms. The van der Waals surface area contributed by atoms with E-state index in [1.807, 2.05) is 12.1 Å². The number of hydrogen-bond acceptors (Lipinski definition) is 2. The maximum atomic E-state index is 6.46. The number of furan rings is 1. The number of rotatable bonds is 6. The second kappa shape index (κ2) is 13.9. The molecule has 0 aliphatic heterocycles. The van der Waals surface area contributed by atoms with Gasteiger partial charge in [0, 0.05) is 33.3 Å². The molecule has 0 aliphatic carbocycles. The molecule has 0 aliphatic rings. The van der Waals surface area contributed by atoms with Crippen LogP contribution in [0, 0.1) is 0 Å². The van der Waals surface area contributed by atoms with Gasteiger partial charge in [-0.15, -0.1) is 0 Å². The number of hydrogen-bond donors (Lipinski definition) is 0. The lowest BCUT2D eigenvalue weighted by Gasteiger charge is -2.28. The van der Waals surface area contributed by atoms with Gasteiger partial charge in [-0.3, -0.25) is 0 Å². The summed E-state index contributed by atoms with van der Waals surface area (Å²) in [5.41, 5.74) is 12.0. The summed E-state index contributed by atoms with van der Waals surface area (Å²) in [7, 11) is 0. The van der Waals surface area contributed by atoms with Crippen LogP contribution in [0.15, 0.2) is 229 Å². The van der Waals surface area contributed by atoms with Crippen LogP contribution in [-0.4, -0.2) is 0 Å². The van der Waals surface area contributed by atoms with Gasteiger partial charge >= 0.3 is 0 Å². The monoisotopic (exact) mass is 763 g/mol. The summed E-state index contributed by atoms with van der Waals surface area (Å²) in [5.74, 6) is 0.